The van der Waals surface area contributed by atoms with E-state index in [0.29, 0.717) is 11.3 Å². The number of nitrogens with two attached hydrogens (primary N) is 1. The van der Waals surface area contributed by atoms with Crippen LogP contribution in [0.4, 0.5) is 5.82 Å². The van der Waals surface area contributed by atoms with Gasteiger partial charge in [-0.25, -0.2) is 19.3 Å². The number of hydrogen-bond acceptors (Lipinski definition) is 22. The molecular weight excluding hydrogens is 958 g/mol. The van der Waals surface area contributed by atoms with Crippen molar-refractivity contribution in [1.82, 2.24) is 30.2 Å². The topological polar surface area (TPSA) is 375 Å². The van der Waals surface area contributed by atoms with Crippen molar-refractivity contribution in [3.8, 4) is 0 Å². The van der Waals surface area contributed by atoms with E-state index in [4.69, 9.17) is 10.5 Å². The van der Waals surface area contributed by atoms with E-state index in [0.717, 1.165) is 32.6 Å². The lowest BCUT2D eigenvalue weighted by Crippen LogP contribution is -2.46. The molecule has 0 spiro atoms. The van der Waals surface area contributed by atoms with Crippen molar-refractivity contribution in [2.45, 2.75) is 50.9 Å². The number of thioether (sulfide) groups is 1. The molecule has 0 bridgehead atoms. The van der Waals surface area contributed by atoms with Crippen molar-refractivity contribution >= 4 is 91.7 Å². The Balaban J connectivity index is 1.23. The number of aliphatic hydroxyl groups is 2. The van der Waals surface area contributed by atoms with E-state index in [1.807, 2.05) is 0 Å². The molecule has 3 aromatic rings. The van der Waals surface area contributed by atoms with E-state index >= 15 is 0 Å². The summed E-state index contributed by atoms with van der Waals surface area (Å²) in [6, 6.07) is 6.97. The number of anilines is 1. The lowest BCUT2D eigenvalue weighted by Gasteiger charge is -2.36. The first-order valence-corrected chi connectivity index (χ1v) is 22.7. The molecule has 57 heavy (non-hydrogen) atoms. The summed E-state index contributed by atoms with van der Waals surface area (Å²) in [5.41, 5.74) is 4.58. The predicted molar refractivity (Wildman–Crippen MR) is 197 cm³/mol. The number of nitrogens with zero attached hydrogens (tertiary/aromatic N) is 4. The molecule has 0 saturated carbocycles. The molecule has 7 atom stereocenters. The maximum Gasteiger partial charge on any atom is 0.274 e. The van der Waals surface area contributed by atoms with Gasteiger partial charge in [-0.05, 0) is 46.9 Å². The standard InChI is InChI=1S/C28H39IN7O17P3S/c1-28(2,22(39)25(40)32-8-7-18(37)31-9-10-57-27(41)15-3-5-16(29)6-4-15)12-50-56(47,48)53-55(45,46)49-11-17-21(52-54(42,43)44)20(38)26(51-17)36-14-35-19-23(30)33-13-34-24(19)36/h3-6,13-14,17,20-22,26,38-39H,7-12H2,1-2H3,(H,31,37)(H,32,40)(H,45,46)(H,47,48)(H2,30,33,34)(H2,42,43,44)/p-4/t17-,20-,21-,22+,26-/m1/s1. The van der Waals surface area contributed by atoms with Crippen LogP contribution in [0.3, 0.4) is 0 Å². The summed E-state index contributed by atoms with van der Waals surface area (Å²) in [7, 11) is -17.6. The Morgan fingerprint density at radius 1 is 1.05 bits per heavy atom. The Kier molecular flexibility index (Phi) is 16.3. The first-order chi connectivity index (χ1) is 26.5. The summed E-state index contributed by atoms with van der Waals surface area (Å²) >= 11 is 3.13. The number of aromatic nitrogens is 4. The highest BCUT2D eigenvalue weighted by Crippen LogP contribution is 2.56. The van der Waals surface area contributed by atoms with Crippen LogP contribution in [0.1, 0.15) is 36.9 Å². The molecule has 1 saturated heterocycles. The lowest BCUT2D eigenvalue weighted by molar-refractivity contribution is -0.347. The first kappa shape index (κ1) is 47.2. The largest absolute Gasteiger partial charge is 0.790 e. The second-order valence-corrected chi connectivity index (χ2v) is 19.0. The average Bonchev–Trinajstić information content (AvgIpc) is 3.68. The van der Waals surface area contributed by atoms with Crippen LogP contribution < -0.4 is 35.9 Å². The van der Waals surface area contributed by atoms with Gasteiger partial charge in [-0.1, -0.05) is 25.6 Å². The number of nitrogens with one attached hydrogen (secondary N) is 2. The van der Waals surface area contributed by atoms with Gasteiger partial charge in [-0.3, -0.25) is 28.1 Å². The Bertz CT molecular complexity index is 2060. The molecule has 1 aliphatic heterocycles. The zero-order valence-corrected chi connectivity index (χ0v) is 35.3. The number of nitrogen functional groups attached to an aromatic ring is 1. The zero-order valence-electron chi connectivity index (χ0n) is 29.6. The number of hydrogen-bond donors (Lipinski definition) is 5. The molecule has 1 aromatic carbocycles. The van der Waals surface area contributed by atoms with Crippen LogP contribution in [0.2, 0.25) is 0 Å². The molecule has 2 unspecified atom stereocenters. The van der Waals surface area contributed by atoms with E-state index in [9.17, 15) is 57.9 Å². The fourth-order valence-electron chi connectivity index (χ4n) is 4.92. The van der Waals surface area contributed by atoms with Crippen molar-refractivity contribution in [3.05, 3.63) is 46.1 Å². The van der Waals surface area contributed by atoms with Crippen molar-refractivity contribution in [2.24, 2.45) is 5.41 Å². The second-order valence-electron chi connectivity index (χ2n) is 12.6. The van der Waals surface area contributed by atoms with E-state index in [2.05, 4.69) is 66.1 Å². The molecule has 316 valence electrons. The molecule has 2 amide bonds. The Morgan fingerprint density at radius 2 is 1.72 bits per heavy atom. The minimum absolute atomic E-state index is 0.0228. The molecule has 4 rings (SSSR count). The fraction of sp³-hybridized carbons (Fsp3) is 0.500. The third-order valence-corrected chi connectivity index (χ3v) is 12.4. The van der Waals surface area contributed by atoms with E-state index in [-0.39, 0.29) is 41.6 Å². The van der Waals surface area contributed by atoms with Gasteiger partial charge in [-0.2, -0.15) is 0 Å². The van der Waals surface area contributed by atoms with Crippen LogP contribution in [0, 0.1) is 8.99 Å². The van der Waals surface area contributed by atoms with Crippen LogP contribution in [0.15, 0.2) is 36.9 Å². The van der Waals surface area contributed by atoms with Crippen LogP contribution in [0.25, 0.3) is 11.2 Å². The molecule has 24 nitrogen and oxygen atoms in total. The number of benzene rings is 1. The number of ether oxygens (including phenoxy) is 1. The number of imidazole rings is 1. The minimum atomic E-state index is -5.92. The molecule has 0 radical (unpaired) electrons. The third kappa shape index (κ3) is 13.8. The number of aliphatic hydroxyl groups excluding tert-OH is 2. The second kappa shape index (κ2) is 19.7. The Morgan fingerprint density at radius 3 is 2.39 bits per heavy atom. The van der Waals surface area contributed by atoms with Crippen molar-refractivity contribution in [2.75, 3.05) is 37.8 Å². The molecular formula is C28H35IN7O17P3S-4. The molecule has 29 heteroatoms. The highest BCUT2D eigenvalue weighted by molar-refractivity contribution is 14.1. The van der Waals surface area contributed by atoms with Gasteiger partial charge in [0.1, 0.15) is 36.3 Å². The van der Waals surface area contributed by atoms with E-state index in [1.165, 1.54) is 13.8 Å². The van der Waals surface area contributed by atoms with Crippen LogP contribution in [0.5, 0.6) is 0 Å². The molecule has 0 aliphatic carbocycles. The van der Waals surface area contributed by atoms with Gasteiger partial charge in [0.05, 0.1) is 27.4 Å². The maximum absolute atomic E-state index is 12.5. The van der Waals surface area contributed by atoms with Gasteiger partial charge in [0.25, 0.3) is 15.6 Å². The molecule has 1 aliphatic rings. The Hall–Kier alpha value is -2.49. The monoisotopic (exact) mass is 993 g/mol. The number of halogens is 1. The lowest BCUT2D eigenvalue weighted by atomic mass is 9.87. The summed E-state index contributed by atoms with van der Waals surface area (Å²) in [6.45, 7) is 0.0453. The number of amides is 2. The number of phosphoric ester groups is 3. The summed E-state index contributed by atoms with van der Waals surface area (Å²) in [6.07, 6.45) is -7.61. The highest BCUT2D eigenvalue weighted by atomic mass is 127. The normalized spacial score (nSPS) is 21.4. The Labute approximate surface area is 341 Å². The fourth-order valence-corrected chi connectivity index (χ4v) is 8.71. The smallest absolute Gasteiger partial charge is 0.274 e. The van der Waals surface area contributed by atoms with Crippen molar-refractivity contribution < 1.29 is 80.5 Å². The maximum atomic E-state index is 12.5. The average molecular weight is 994 g/mol. The minimum Gasteiger partial charge on any atom is -0.790 e. The number of phosphoric acid groups is 3. The summed E-state index contributed by atoms with van der Waals surface area (Å²) in [5, 5.41) is 26.1. The molecule has 6 N–H and O–H groups in total. The summed E-state index contributed by atoms with van der Waals surface area (Å²) in [4.78, 5) is 96.4. The molecule has 3 heterocycles. The third-order valence-electron chi connectivity index (χ3n) is 7.79. The number of rotatable bonds is 20. The number of fused-ring (bicyclic) bond motifs is 1. The van der Waals surface area contributed by atoms with Gasteiger partial charge in [-0.15, -0.1) is 0 Å². The predicted octanol–water partition coefficient (Wildman–Crippen LogP) is -1.94. The SMILES string of the molecule is CC(C)(COP(=O)([O-])OP(=O)([O-])OC[C@H]1O[C@@H](n2cnc3c(N)ncnc32)[C@H](O)[C@@H]1OP(=O)([O-])[O-])[C@@H](O)C(=O)NCCC(=O)NCCSC(=O)c1ccc(I)cc1. The van der Waals surface area contributed by atoms with Gasteiger partial charge in [0.15, 0.2) is 17.7 Å². The molecule has 1 fully saturated rings. The van der Waals surface area contributed by atoms with Crippen LogP contribution >= 0.6 is 57.8 Å². The van der Waals surface area contributed by atoms with Gasteiger partial charge >= 0.3 is 0 Å². The number of carbonyl (C=O) groups is 3. The van der Waals surface area contributed by atoms with Crippen LogP contribution in [-0.2, 0) is 45.9 Å². The number of carbonyl (C=O) groups excluding carboxylic acids is 3. The van der Waals surface area contributed by atoms with Gasteiger partial charge < -0.3 is 69.0 Å². The first-order valence-electron chi connectivity index (χ1n) is 16.2. The summed E-state index contributed by atoms with van der Waals surface area (Å²) in [5.74, 6) is -1.28. The molecule has 2 aromatic heterocycles. The van der Waals surface area contributed by atoms with Crippen molar-refractivity contribution in [1.29, 1.82) is 0 Å². The highest BCUT2D eigenvalue weighted by Gasteiger charge is 2.47. The van der Waals surface area contributed by atoms with Gasteiger partial charge in [0, 0.05) is 39.8 Å². The van der Waals surface area contributed by atoms with Crippen LogP contribution in [-0.4, -0.2) is 103 Å². The summed E-state index contributed by atoms with van der Waals surface area (Å²) < 4.78 is 61.5. The zero-order chi connectivity index (χ0) is 42.3. The van der Waals surface area contributed by atoms with Crippen molar-refractivity contribution in [3.63, 3.8) is 0 Å². The quantitative estimate of drug-likeness (QED) is 0.0467. The van der Waals surface area contributed by atoms with E-state index < -0.39 is 84.6 Å². The van der Waals surface area contributed by atoms with Gasteiger partial charge in [0.2, 0.25) is 16.9 Å². The van der Waals surface area contributed by atoms with E-state index in [1.54, 1.807) is 24.3 Å².